The van der Waals surface area contributed by atoms with Crippen molar-refractivity contribution >= 4 is 46.0 Å². The number of aryl methyl sites for hydroxylation is 1. The van der Waals surface area contributed by atoms with E-state index in [2.05, 4.69) is 4.98 Å². The molecule has 3 aromatic rings. The van der Waals surface area contributed by atoms with Gasteiger partial charge in [0.15, 0.2) is 0 Å². The van der Waals surface area contributed by atoms with Crippen LogP contribution in [0.2, 0.25) is 10.0 Å². The van der Waals surface area contributed by atoms with Crippen LogP contribution in [0.3, 0.4) is 0 Å². The second kappa shape index (κ2) is 12.9. The highest BCUT2D eigenvalue weighted by Crippen LogP contribution is 2.33. The molecule has 0 radical (unpaired) electrons. The third-order valence-electron chi connectivity index (χ3n) is 5.75. The van der Waals surface area contributed by atoms with E-state index in [1.165, 1.54) is 23.7 Å². The summed E-state index contributed by atoms with van der Waals surface area (Å²) in [6.45, 7) is -3.34. The zero-order chi connectivity index (χ0) is 31.6. The summed E-state index contributed by atoms with van der Waals surface area (Å²) in [5, 5.41) is 12.7. The number of hydrogen-bond acceptors (Lipinski definition) is 5. The van der Waals surface area contributed by atoms with E-state index in [9.17, 15) is 44.7 Å². The first kappa shape index (κ1) is 33.1. The summed E-state index contributed by atoms with van der Waals surface area (Å²) in [5.41, 5.74) is 0.192. The Morgan fingerprint density at radius 2 is 1.76 bits per heavy atom. The molecule has 1 aromatic heterocycles. The first-order valence-corrected chi connectivity index (χ1v) is 12.4. The molecule has 42 heavy (non-hydrogen) atoms. The summed E-state index contributed by atoms with van der Waals surface area (Å²) in [7, 11) is 1.50. The van der Waals surface area contributed by atoms with Gasteiger partial charge in [-0.25, -0.2) is 13.8 Å². The highest BCUT2D eigenvalue weighted by Gasteiger charge is 2.43. The highest BCUT2D eigenvalue weighted by atomic mass is 35.5. The predicted molar refractivity (Wildman–Crippen MR) is 134 cm³/mol. The summed E-state index contributed by atoms with van der Waals surface area (Å²) in [6.07, 6.45) is -16.2. The molecular formula is C24H20Cl2F8N4O4. The molecule has 3 rings (SSSR count). The van der Waals surface area contributed by atoms with E-state index in [0.717, 1.165) is 12.1 Å². The van der Waals surface area contributed by atoms with Gasteiger partial charge in [-0.1, -0.05) is 29.3 Å². The Balaban J connectivity index is 1.95. The molecule has 230 valence electrons. The first-order valence-electron chi connectivity index (χ1n) is 11.6. The lowest BCUT2D eigenvalue weighted by molar-refractivity contribution is -0.205. The van der Waals surface area contributed by atoms with Crippen LogP contribution in [0.4, 0.5) is 35.1 Å². The molecule has 2 aromatic carbocycles. The number of rotatable bonds is 10. The van der Waals surface area contributed by atoms with Crippen molar-refractivity contribution in [1.82, 2.24) is 20.2 Å². The van der Waals surface area contributed by atoms with Gasteiger partial charge in [-0.05, 0) is 23.3 Å². The fraction of sp³-hybridized carbons (Fsp3) is 0.375. The van der Waals surface area contributed by atoms with Crippen LogP contribution in [0.5, 0.6) is 5.75 Å². The Hall–Kier alpha value is -3.37. The minimum absolute atomic E-state index is 0.0514. The molecule has 0 fully saturated rings. The average Bonchev–Trinajstić information content (AvgIpc) is 3.19. The Morgan fingerprint density at radius 3 is 2.36 bits per heavy atom. The van der Waals surface area contributed by atoms with E-state index in [4.69, 9.17) is 33.0 Å². The Morgan fingerprint density at radius 1 is 1.10 bits per heavy atom. The van der Waals surface area contributed by atoms with Crippen LogP contribution in [-0.4, -0.2) is 64.5 Å². The lowest BCUT2D eigenvalue weighted by Crippen LogP contribution is -2.43. The fourth-order valence-corrected chi connectivity index (χ4v) is 4.25. The quantitative estimate of drug-likeness (QED) is 0.270. The maximum Gasteiger partial charge on any atom is 0.423 e. The number of benzene rings is 2. The highest BCUT2D eigenvalue weighted by molar-refractivity contribution is 6.36. The third kappa shape index (κ3) is 8.13. The fourth-order valence-electron chi connectivity index (χ4n) is 3.68. The number of carbonyl (C=O) groups is 2. The summed E-state index contributed by atoms with van der Waals surface area (Å²) in [6, 6.07) is 4.90. The first-order chi connectivity index (χ1) is 19.4. The van der Waals surface area contributed by atoms with Crippen LogP contribution in [0.25, 0.3) is 11.0 Å². The van der Waals surface area contributed by atoms with Gasteiger partial charge < -0.3 is 25.0 Å². The molecule has 1 atom stereocenters. The molecule has 0 aliphatic rings. The topological polar surface area (TPSA) is 105 Å². The second-order valence-corrected chi connectivity index (χ2v) is 9.55. The van der Waals surface area contributed by atoms with Crippen LogP contribution < -0.4 is 15.4 Å². The number of nitrogens with one attached hydrogen (secondary N) is 2. The van der Waals surface area contributed by atoms with Gasteiger partial charge in [0.25, 0.3) is 18.2 Å². The van der Waals surface area contributed by atoms with Gasteiger partial charge >= 0.3 is 12.4 Å². The number of hydrogen-bond donors (Lipinski definition) is 3. The van der Waals surface area contributed by atoms with Crippen molar-refractivity contribution in [2.24, 2.45) is 7.05 Å². The molecule has 0 spiro atoms. The molecule has 3 N–H and O–H groups in total. The lowest BCUT2D eigenvalue weighted by Gasteiger charge is -2.16. The molecule has 8 nitrogen and oxygen atoms in total. The maximum absolute atomic E-state index is 12.8. The SMILES string of the molecule is Cn1c(Cc2c(Cl)ccc(CNC(=O)C(O)C(F)(F)F)c2Cl)nc2cc(C(=O)NCC(F)(F)F)c(OCC(F)F)cc21. The number of nitrogens with zero attached hydrogens (tertiary/aromatic N) is 2. The monoisotopic (exact) mass is 650 g/mol. The van der Waals surface area contributed by atoms with Crippen LogP contribution in [-0.2, 0) is 24.8 Å². The Bertz CT molecular complexity index is 1480. The number of carbonyl (C=O) groups excluding carboxylic acids is 2. The smallest absolute Gasteiger partial charge is 0.423 e. The van der Waals surface area contributed by atoms with E-state index in [0.29, 0.717) is 0 Å². The number of halogens is 10. The zero-order valence-corrected chi connectivity index (χ0v) is 22.7. The molecule has 0 aliphatic heterocycles. The van der Waals surface area contributed by atoms with Gasteiger partial charge in [-0.15, -0.1) is 0 Å². The number of aliphatic hydroxyl groups is 1. The molecule has 2 amide bonds. The van der Waals surface area contributed by atoms with Gasteiger partial charge in [0.1, 0.15) is 24.7 Å². The number of alkyl halides is 8. The molecule has 18 heteroatoms. The van der Waals surface area contributed by atoms with Crippen LogP contribution in [0, 0.1) is 0 Å². The summed E-state index contributed by atoms with van der Waals surface area (Å²) < 4.78 is 108. The molecule has 0 bridgehead atoms. The van der Waals surface area contributed by atoms with E-state index in [1.54, 1.807) is 5.32 Å². The molecular weight excluding hydrogens is 631 g/mol. The summed E-state index contributed by atoms with van der Waals surface area (Å²) in [4.78, 5) is 28.4. The number of aliphatic hydroxyl groups excluding tert-OH is 1. The van der Waals surface area contributed by atoms with Crippen molar-refractivity contribution < 1.29 is 54.6 Å². The van der Waals surface area contributed by atoms with E-state index in [1.807, 2.05) is 5.32 Å². The Labute approximate surface area is 241 Å². The van der Waals surface area contributed by atoms with Gasteiger partial charge in [0.05, 0.1) is 21.6 Å². The van der Waals surface area contributed by atoms with Gasteiger partial charge in [-0.2, -0.15) is 26.3 Å². The van der Waals surface area contributed by atoms with Crippen LogP contribution >= 0.6 is 23.2 Å². The second-order valence-electron chi connectivity index (χ2n) is 8.76. The van der Waals surface area contributed by atoms with Crippen LogP contribution in [0.15, 0.2) is 24.3 Å². The largest absolute Gasteiger partial charge is 0.487 e. The lowest BCUT2D eigenvalue weighted by atomic mass is 10.1. The third-order valence-corrected chi connectivity index (χ3v) is 6.57. The van der Waals surface area contributed by atoms with E-state index in [-0.39, 0.29) is 44.5 Å². The number of aromatic nitrogens is 2. The van der Waals surface area contributed by atoms with E-state index >= 15 is 0 Å². The van der Waals surface area contributed by atoms with Crippen molar-refractivity contribution in [1.29, 1.82) is 0 Å². The standard InChI is InChI=1S/C24H20Cl2F8N4O4/c1-38-15-6-16(42-8-17(27)28)12(21(40)36-9-23(29,30)31)4-14(15)37-18(38)5-11-13(25)3-2-10(19(11)26)7-35-22(41)20(39)24(32,33)34/h2-4,6,17,20,39H,5,7-9H2,1H3,(H,35,41)(H,36,40). The zero-order valence-electron chi connectivity index (χ0n) is 21.1. The van der Waals surface area contributed by atoms with Crippen molar-refractivity contribution in [3.63, 3.8) is 0 Å². The van der Waals surface area contributed by atoms with Crippen molar-refractivity contribution in [2.45, 2.75) is 37.8 Å². The van der Waals surface area contributed by atoms with E-state index < -0.39 is 67.7 Å². The van der Waals surface area contributed by atoms with Crippen molar-refractivity contribution in [3.05, 3.63) is 56.8 Å². The molecule has 0 saturated heterocycles. The number of imidazole rings is 1. The van der Waals surface area contributed by atoms with Gasteiger partial charge in [0.2, 0.25) is 6.10 Å². The predicted octanol–water partition coefficient (Wildman–Crippen LogP) is 4.95. The normalized spacial score (nSPS) is 13.0. The van der Waals surface area contributed by atoms with Gasteiger partial charge in [-0.3, -0.25) is 9.59 Å². The van der Waals surface area contributed by atoms with Crippen molar-refractivity contribution in [2.75, 3.05) is 13.2 Å². The number of amides is 2. The minimum atomic E-state index is -5.18. The summed E-state index contributed by atoms with van der Waals surface area (Å²) in [5.74, 6) is -3.16. The number of ether oxygens (including phenoxy) is 1. The minimum Gasteiger partial charge on any atom is -0.487 e. The number of fused-ring (bicyclic) bond motifs is 1. The summed E-state index contributed by atoms with van der Waals surface area (Å²) >= 11 is 12.7. The Kier molecular flexibility index (Phi) is 10.2. The van der Waals surface area contributed by atoms with Gasteiger partial charge in [0, 0.05) is 31.1 Å². The maximum atomic E-state index is 12.8. The van der Waals surface area contributed by atoms with Crippen molar-refractivity contribution in [3.8, 4) is 5.75 Å². The average molecular weight is 651 g/mol. The van der Waals surface area contributed by atoms with Crippen LogP contribution in [0.1, 0.15) is 27.3 Å². The molecule has 0 aliphatic carbocycles. The molecule has 1 heterocycles. The molecule has 1 unspecified atom stereocenters. The molecule has 0 saturated carbocycles.